The van der Waals surface area contributed by atoms with Crippen molar-refractivity contribution in [3.63, 3.8) is 0 Å². The number of amides is 1. The Hall–Kier alpha value is -1.61. The van der Waals surface area contributed by atoms with Gasteiger partial charge in [0.15, 0.2) is 5.69 Å². The summed E-state index contributed by atoms with van der Waals surface area (Å²) in [6.45, 7) is -0.770. The molecular formula is C9H13N3O5. The van der Waals surface area contributed by atoms with Crippen molar-refractivity contribution < 1.29 is 24.7 Å². The Labute approximate surface area is 97.3 Å². The Morgan fingerprint density at radius 2 is 1.88 bits per heavy atom. The molecule has 2 N–H and O–H groups in total. The molecule has 0 atom stereocenters. The van der Waals surface area contributed by atoms with Gasteiger partial charge in [0.25, 0.3) is 0 Å². The number of rotatable bonds is 7. The maximum Gasteiger partial charge on any atom is 0.323 e. The van der Waals surface area contributed by atoms with Crippen molar-refractivity contribution in [2.24, 2.45) is 0 Å². The number of hydroxylamine groups is 2. The third-order valence-corrected chi connectivity index (χ3v) is 1.55. The highest BCUT2D eigenvalue weighted by Crippen LogP contribution is 2.02. The molecule has 0 aliphatic heterocycles. The third kappa shape index (κ3) is 4.41. The van der Waals surface area contributed by atoms with Crippen LogP contribution in [0.5, 0.6) is 0 Å². The van der Waals surface area contributed by atoms with Gasteiger partial charge in [-0.25, -0.2) is 14.7 Å². The van der Waals surface area contributed by atoms with E-state index >= 15 is 0 Å². The highest BCUT2D eigenvalue weighted by Gasteiger charge is 2.19. The summed E-state index contributed by atoms with van der Waals surface area (Å²) < 4.78 is 0. The van der Waals surface area contributed by atoms with Gasteiger partial charge in [0, 0.05) is 12.4 Å². The molecule has 0 aliphatic carbocycles. The summed E-state index contributed by atoms with van der Waals surface area (Å²) in [4.78, 5) is 29.0. The number of aliphatic hydroxyl groups excluding tert-OH is 2. The molecule has 0 saturated carbocycles. The number of hydrogen-bond donors (Lipinski definition) is 2. The first kappa shape index (κ1) is 13.5. The molecule has 1 aromatic heterocycles. The van der Waals surface area contributed by atoms with Gasteiger partial charge in [-0.3, -0.25) is 9.78 Å². The van der Waals surface area contributed by atoms with Gasteiger partial charge in [-0.15, -0.1) is 0 Å². The molecule has 0 saturated heterocycles. The van der Waals surface area contributed by atoms with Gasteiger partial charge in [0.2, 0.25) is 0 Å². The smallest absolute Gasteiger partial charge is 0.323 e. The highest BCUT2D eigenvalue weighted by molar-refractivity contribution is 5.90. The third-order valence-electron chi connectivity index (χ3n) is 1.55. The Kier molecular flexibility index (Phi) is 6.04. The average molecular weight is 243 g/mol. The first-order chi connectivity index (χ1) is 8.29. The van der Waals surface area contributed by atoms with E-state index in [1.807, 2.05) is 0 Å². The summed E-state index contributed by atoms with van der Waals surface area (Å²) in [7, 11) is 0. The summed E-state index contributed by atoms with van der Waals surface area (Å²) in [5.74, 6) is -0.667. The maximum atomic E-state index is 11.8. The van der Waals surface area contributed by atoms with Crippen molar-refractivity contribution in [3.05, 3.63) is 24.3 Å². The van der Waals surface area contributed by atoms with E-state index in [1.165, 1.54) is 18.6 Å². The molecule has 1 heterocycles. The molecule has 1 amide bonds. The minimum absolute atomic E-state index is 0.0309. The van der Waals surface area contributed by atoms with Crippen LogP contribution in [0.25, 0.3) is 0 Å². The first-order valence-electron chi connectivity index (χ1n) is 4.87. The van der Waals surface area contributed by atoms with E-state index in [0.717, 1.165) is 0 Å². The second-order valence-electron chi connectivity index (χ2n) is 2.77. The highest BCUT2D eigenvalue weighted by atomic mass is 17.0. The summed E-state index contributed by atoms with van der Waals surface area (Å²) >= 11 is 0. The van der Waals surface area contributed by atoms with Gasteiger partial charge < -0.3 is 10.2 Å². The van der Waals surface area contributed by atoms with Crippen molar-refractivity contribution in [2.45, 2.75) is 0 Å². The predicted octanol–water partition coefficient (Wildman–Crippen LogP) is -1.23. The van der Waals surface area contributed by atoms with Crippen molar-refractivity contribution in [2.75, 3.05) is 26.4 Å². The fourth-order valence-corrected chi connectivity index (χ4v) is 0.905. The number of hydrogen-bond acceptors (Lipinski definition) is 7. The number of aliphatic hydroxyl groups is 2. The lowest BCUT2D eigenvalue weighted by Crippen LogP contribution is -2.34. The normalized spacial score (nSPS) is 10.2. The second kappa shape index (κ2) is 7.63. The topological polar surface area (TPSA) is 105 Å². The molecule has 0 fully saturated rings. The summed E-state index contributed by atoms with van der Waals surface area (Å²) in [6.07, 6.45) is 4.02. The van der Waals surface area contributed by atoms with Crippen LogP contribution in [0.15, 0.2) is 18.6 Å². The van der Waals surface area contributed by atoms with Crippen molar-refractivity contribution in [1.29, 1.82) is 0 Å². The summed E-state index contributed by atoms with van der Waals surface area (Å²) in [5.41, 5.74) is 0.0309. The Morgan fingerprint density at radius 3 is 2.35 bits per heavy atom. The minimum Gasteiger partial charge on any atom is -0.394 e. The fourth-order valence-electron chi connectivity index (χ4n) is 0.905. The van der Waals surface area contributed by atoms with Crippen LogP contribution in [0.4, 0.5) is 0 Å². The molecule has 8 heteroatoms. The fraction of sp³-hybridized carbons (Fsp3) is 0.444. The van der Waals surface area contributed by atoms with Crippen LogP contribution in [0, 0.1) is 0 Å². The lowest BCUT2D eigenvalue weighted by molar-refractivity contribution is -0.331. The van der Waals surface area contributed by atoms with E-state index in [0.29, 0.717) is 5.23 Å². The van der Waals surface area contributed by atoms with Gasteiger partial charge in [-0.1, -0.05) is 5.23 Å². The van der Waals surface area contributed by atoms with Gasteiger partial charge in [-0.05, 0) is 0 Å². The van der Waals surface area contributed by atoms with Gasteiger partial charge in [-0.2, -0.15) is 0 Å². The van der Waals surface area contributed by atoms with Gasteiger partial charge >= 0.3 is 5.91 Å². The molecule has 1 aromatic rings. The zero-order valence-corrected chi connectivity index (χ0v) is 9.02. The van der Waals surface area contributed by atoms with Crippen LogP contribution in [0.3, 0.4) is 0 Å². The van der Waals surface area contributed by atoms with E-state index in [2.05, 4.69) is 9.97 Å². The number of aromatic nitrogens is 2. The molecular weight excluding hydrogens is 230 g/mol. The maximum absolute atomic E-state index is 11.8. The monoisotopic (exact) mass is 243 g/mol. The molecule has 17 heavy (non-hydrogen) atoms. The molecule has 0 aromatic carbocycles. The van der Waals surface area contributed by atoms with Gasteiger partial charge in [0.1, 0.15) is 13.2 Å². The molecule has 0 bridgehead atoms. The van der Waals surface area contributed by atoms with Crippen LogP contribution in [0.1, 0.15) is 10.5 Å². The average Bonchev–Trinajstić information content (AvgIpc) is 2.39. The predicted molar refractivity (Wildman–Crippen MR) is 54.3 cm³/mol. The molecule has 0 radical (unpaired) electrons. The van der Waals surface area contributed by atoms with Crippen LogP contribution in [-0.4, -0.2) is 57.7 Å². The first-order valence-corrected chi connectivity index (χ1v) is 4.87. The van der Waals surface area contributed by atoms with Crippen molar-refractivity contribution in [1.82, 2.24) is 15.2 Å². The van der Waals surface area contributed by atoms with Crippen LogP contribution in [0.2, 0.25) is 0 Å². The number of nitrogens with zero attached hydrogens (tertiary/aromatic N) is 3. The summed E-state index contributed by atoms with van der Waals surface area (Å²) in [5, 5.41) is 17.8. The zero-order chi connectivity index (χ0) is 12.5. The standard InChI is InChI=1S/C9H13N3O5/c13-3-5-16-12(17-6-4-14)9(15)8-7-10-1-2-11-8/h1-2,7,13-14H,3-6H2. The largest absolute Gasteiger partial charge is 0.394 e. The molecule has 0 unspecified atom stereocenters. The lowest BCUT2D eigenvalue weighted by atomic mass is 10.4. The number of carbonyl (C=O) groups excluding carboxylic acids is 1. The van der Waals surface area contributed by atoms with Crippen molar-refractivity contribution >= 4 is 5.91 Å². The molecule has 8 nitrogen and oxygen atoms in total. The van der Waals surface area contributed by atoms with Crippen LogP contribution in [-0.2, 0) is 9.68 Å². The van der Waals surface area contributed by atoms with Gasteiger partial charge in [0.05, 0.1) is 19.4 Å². The Bertz CT molecular complexity index is 327. The van der Waals surface area contributed by atoms with E-state index in [4.69, 9.17) is 19.9 Å². The minimum atomic E-state index is -0.667. The van der Waals surface area contributed by atoms with E-state index in [-0.39, 0.29) is 32.1 Å². The van der Waals surface area contributed by atoms with Crippen LogP contribution < -0.4 is 0 Å². The summed E-state index contributed by atoms with van der Waals surface area (Å²) in [6, 6.07) is 0. The van der Waals surface area contributed by atoms with Crippen LogP contribution >= 0.6 is 0 Å². The zero-order valence-electron chi connectivity index (χ0n) is 9.02. The Balaban J connectivity index is 2.64. The lowest BCUT2D eigenvalue weighted by Gasteiger charge is -2.19. The molecule has 0 aliphatic rings. The van der Waals surface area contributed by atoms with Crippen molar-refractivity contribution in [3.8, 4) is 0 Å². The van der Waals surface area contributed by atoms with E-state index in [1.54, 1.807) is 0 Å². The molecule has 1 rings (SSSR count). The molecule has 94 valence electrons. The van der Waals surface area contributed by atoms with E-state index in [9.17, 15) is 4.79 Å². The number of carbonyl (C=O) groups is 1. The quantitative estimate of drug-likeness (QED) is 0.577. The second-order valence-corrected chi connectivity index (χ2v) is 2.77. The SMILES string of the molecule is O=C(c1cnccn1)N(OCCO)OCCO. The van der Waals surface area contributed by atoms with E-state index < -0.39 is 5.91 Å². The Morgan fingerprint density at radius 1 is 1.24 bits per heavy atom. The molecule has 0 spiro atoms.